The topological polar surface area (TPSA) is 76.2 Å². The van der Waals surface area contributed by atoms with Crippen molar-refractivity contribution in [1.82, 2.24) is 4.98 Å². The minimum absolute atomic E-state index is 0.344. The van der Waals surface area contributed by atoms with Crippen molar-refractivity contribution < 1.29 is 9.90 Å². The molecule has 0 radical (unpaired) electrons. The number of aliphatic carboxylic acids is 1. The van der Waals surface area contributed by atoms with Gasteiger partial charge in [-0.3, -0.25) is 4.79 Å². The smallest absolute Gasteiger partial charge is 0.326 e. The lowest BCUT2D eigenvalue weighted by Gasteiger charge is -2.04. The number of carboxylic acids is 1. The zero-order valence-electron chi connectivity index (χ0n) is 6.07. The molecule has 0 aliphatic heterocycles. The summed E-state index contributed by atoms with van der Waals surface area (Å²) >= 11 is 3.12. The van der Waals surface area contributed by atoms with Crippen molar-refractivity contribution in [3.8, 4) is 0 Å². The first-order valence-electron chi connectivity index (χ1n) is 3.22. The highest BCUT2D eigenvalue weighted by molar-refractivity contribution is 9.10. The maximum atomic E-state index is 10.4. The molecule has 12 heavy (non-hydrogen) atoms. The molecule has 0 fully saturated rings. The molecular formula is C7H7BrN2O2. The number of rotatable bonds is 2. The summed E-state index contributed by atoms with van der Waals surface area (Å²) in [6, 6.07) is 3.92. The largest absolute Gasteiger partial charge is 0.480 e. The molecular weight excluding hydrogens is 224 g/mol. The number of hydrogen-bond acceptors (Lipinski definition) is 3. The van der Waals surface area contributed by atoms with E-state index in [4.69, 9.17) is 10.8 Å². The lowest BCUT2D eigenvalue weighted by Crippen LogP contribution is -2.21. The SMILES string of the molecule is NC(C(=O)O)c1cccc(Br)n1. The van der Waals surface area contributed by atoms with Gasteiger partial charge < -0.3 is 10.8 Å². The fraction of sp³-hybridized carbons (Fsp3) is 0.143. The number of carbonyl (C=O) groups is 1. The number of hydrogen-bond donors (Lipinski definition) is 2. The predicted octanol–water partition coefficient (Wildman–Crippen LogP) is 0.928. The Morgan fingerprint density at radius 3 is 2.83 bits per heavy atom. The molecule has 0 aliphatic rings. The summed E-state index contributed by atoms with van der Waals surface area (Å²) in [6.45, 7) is 0. The van der Waals surface area contributed by atoms with E-state index in [1.807, 2.05) is 0 Å². The summed E-state index contributed by atoms with van der Waals surface area (Å²) in [6.07, 6.45) is 0. The lowest BCUT2D eigenvalue weighted by atomic mass is 10.2. The van der Waals surface area contributed by atoms with Crippen LogP contribution in [0.3, 0.4) is 0 Å². The molecule has 0 aromatic carbocycles. The molecule has 0 aliphatic carbocycles. The number of carboxylic acid groups (broad SMARTS) is 1. The van der Waals surface area contributed by atoms with Crippen LogP contribution in [0.2, 0.25) is 0 Å². The summed E-state index contributed by atoms with van der Waals surface area (Å²) in [5.41, 5.74) is 5.67. The van der Waals surface area contributed by atoms with Gasteiger partial charge in [-0.2, -0.15) is 0 Å². The second-order valence-corrected chi connectivity index (χ2v) is 3.01. The molecule has 64 valence electrons. The molecule has 0 spiro atoms. The molecule has 0 saturated heterocycles. The van der Waals surface area contributed by atoms with Gasteiger partial charge in [-0.25, -0.2) is 4.98 Å². The van der Waals surface area contributed by atoms with Gasteiger partial charge in [0.2, 0.25) is 0 Å². The van der Waals surface area contributed by atoms with Crippen molar-refractivity contribution in [2.24, 2.45) is 5.73 Å². The minimum Gasteiger partial charge on any atom is -0.480 e. The van der Waals surface area contributed by atoms with E-state index in [9.17, 15) is 4.79 Å². The molecule has 1 atom stereocenters. The Bertz CT molecular complexity index is 303. The van der Waals surface area contributed by atoms with E-state index in [0.29, 0.717) is 10.3 Å². The number of nitrogens with zero attached hydrogens (tertiary/aromatic N) is 1. The summed E-state index contributed by atoms with van der Waals surface area (Å²) in [5.74, 6) is -1.08. The Hall–Kier alpha value is -0.940. The van der Waals surface area contributed by atoms with E-state index >= 15 is 0 Å². The van der Waals surface area contributed by atoms with Crippen LogP contribution in [0.5, 0.6) is 0 Å². The molecule has 4 nitrogen and oxygen atoms in total. The Kier molecular flexibility index (Phi) is 2.78. The second-order valence-electron chi connectivity index (χ2n) is 2.20. The van der Waals surface area contributed by atoms with Gasteiger partial charge in [0.1, 0.15) is 10.6 Å². The molecule has 0 bridgehead atoms. The normalized spacial score (nSPS) is 12.5. The van der Waals surface area contributed by atoms with Crippen molar-refractivity contribution in [2.45, 2.75) is 6.04 Å². The zero-order valence-corrected chi connectivity index (χ0v) is 7.65. The van der Waals surface area contributed by atoms with Crippen LogP contribution in [-0.2, 0) is 4.79 Å². The predicted molar refractivity (Wildman–Crippen MR) is 46.5 cm³/mol. The summed E-state index contributed by atoms with van der Waals surface area (Å²) < 4.78 is 0.580. The molecule has 1 aromatic heterocycles. The number of aromatic nitrogens is 1. The van der Waals surface area contributed by atoms with E-state index in [-0.39, 0.29) is 0 Å². The van der Waals surface area contributed by atoms with E-state index in [2.05, 4.69) is 20.9 Å². The highest BCUT2D eigenvalue weighted by Gasteiger charge is 2.15. The van der Waals surface area contributed by atoms with Crippen LogP contribution in [0, 0.1) is 0 Å². The van der Waals surface area contributed by atoms with Crippen LogP contribution in [-0.4, -0.2) is 16.1 Å². The molecule has 5 heteroatoms. The molecule has 3 N–H and O–H groups in total. The molecule has 1 heterocycles. The summed E-state index contributed by atoms with van der Waals surface area (Å²) in [7, 11) is 0. The fourth-order valence-corrected chi connectivity index (χ4v) is 1.08. The van der Waals surface area contributed by atoms with Gasteiger partial charge in [0, 0.05) is 0 Å². The third-order valence-electron chi connectivity index (χ3n) is 1.32. The third-order valence-corrected chi connectivity index (χ3v) is 1.76. The first kappa shape index (κ1) is 9.15. The third kappa shape index (κ3) is 2.02. The average Bonchev–Trinajstić information content (AvgIpc) is 2.03. The minimum atomic E-state index is -1.08. The Morgan fingerprint density at radius 2 is 2.33 bits per heavy atom. The van der Waals surface area contributed by atoms with Crippen LogP contribution < -0.4 is 5.73 Å². The monoisotopic (exact) mass is 230 g/mol. The summed E-state index contributed by atoms with van der Waals surface area (Å²) in [5, 5.41) is 8.55. The van der Waals surface area contributed by atoms with Gasteiger partial charge in [0.15, 0.2) is 0 Å². The van der Waals surface area contributed by atoms with Gasteiger partial charge in [-0.1, -0.05) is 6.07 Å². The average molecular weight is 231 g/mol. The van der Waals surface area contributed by atoms with Crippen molar-refractivity contribution in [2.75, 3.05) is 0 Å². The molecule has 1 unspecified atom stereocenters. The first-order chi connectivity index (χ1) is 5.61. The van der Waals surface area contributed by atoms with Crippen molar-refractivity contribution in [3.05, 3.63) is 28.5 Å². The Morgan fingerprint density at radius 1 is 1.67 bits per heavy atom. The molecule has 1 rings (SSSR count). The fourth-order valence-electron chi connectivity index (χ4n) is 0.724. The first-order valence-corrected chi connectivity index (χ1v) is 4.01. The Labute approximate surface area is 77.5 Å². The second kappa shape index (κ2) is 3.64. The maximum Gasteiger partial charge on any atom is 0.326 e. The summed E-state index contributed by atoms with van der Waals surface area (Å²) in [4.78, 5) is 14.3. The highest BCUT2D eigenvalue weighted by Crippen LogP contribution is 2.11. The van der Waals surface area contributed by atoms with E-state index in [0.717, 1.165) is 0 Å². The Balaban J connectivity index is 2.95. The van der Waals surface area contributed by atoms with Crippen LogP contribution in [0.25, 0.3) is 0 Å². The van der Waals surface area contributed by atoms with Gasteiger partial charge in [0.25, 0.3) is 0 Å². The van der Waals surface area contributed by atoms with Crippen LogP contribution >= 0.6 is 15.9 Å². The van der Waals surface area contributed by atoms with E-state index < -0.39 is 12.0 Å². The lowest BCUT2D eigenvalue weighted by molar-refractivity contribution is -0.138. The standard InChI is InChI=1S/C7H7BrN2O2/c8-5-3-1-2-4(10-5)6(9)7(11)12/h1-3,6H,9H2,(H,11,12). The van der Waals surface area contributed by atoms with Gasteiger partial charge >= 0.3 is 5.97 Å². The van der Waals surface area contributed by atoms with Crippen LogP contribution in [0.15, 0.2) is 22.8 Å². The van der Waals surface area contributed by atoms with Crippen LogP contribution in [0.1, 0.15) is 11.7 Å². The van der Waals surface area contributed by atoms with Crippen LogP contribution in [0.4, 0.5) is 0 Å². The molecule has 0 amide bonds. The number of halogens is 1. The van der Waals surface area contributed by atoms with Crippen molar-refractivity contribution >= 4 is 21.9 Å². The van der Waals surface area contributed by atoms with Crippen molar-refractivity contribution in [3.63, 3.8) is 0 Å². The van der Waals surface area contributed by atoms with Gasteiger partial charge in [-0.05, 0) is 28.1 Å². The zero-order chi connectivity index (χ0) is 9.14. The molecule has 0 saturated carbocycles. The highest BCUT2D eigenvalue weighted by atomic mass is 79.9. The quantitative estimate of drug-likeness (QED) is 0.742. The van der Waals surface area contributed by atoms with Crippen molar-refractivity contribution in [1.29, 1.82) is 0 Å². The van der Waals surface area contributed by atoms with E-state index in [1.165, 1.54) is 0 Å². The van der Waals surface area contributed by atoms with Gasteiger partial charge in [-0.15, -0.1) is 0 Å². The van der Waals surface area contributed by atoms with E-state index in [1.54, 1.807) is 18.2 Å². The van der Waals surface area contributed by atoms with Gasteiger partial charge in [0.05, 0.1) is 5.69 Å². The maximum absolute atomic E-state index is 10.4. The number of nitrogens with two attached hydrogens (primary N) is 1. The molecule has 1 aromatic rings. The number of pyridine rings is 1.